The lowest BCUT2D eigenvalue weighted by atomic mass is 9.98. The van der Waals surface area contributed by atoms with Crippen LogP contribution >= 0.6 is 0 Å². The first-order chi connectivity index (χ1) is 5.09. The molecule has 0 aliphatic carbocycles. The van der Waals surface area contributed by atoms with Crippen molar-refractivity contribution in [1.82, 2.24) is 0 Å². The molecule has 62 valence electrons. The van der Waals surface area contributed by atoms with Crippen molar-refractivity contribution in [2.45, 2.75) is 33.3 Å². The molecule has 1 N–H and O–H groups in total. The predicted octanol–water partition coefficient (Wildman–Crippen LogP) is 0.986. The molecule has 0 aliphatic heterocycles. The molecule has 0 spiro atoms. The molecular weight excluding hydrogens is 140 g/mol. The molecule has 2 nitrogen and oxygen atoms in total. The highest BCUT2D eigenvalue weighted by molar-refractivity contribution is 5.78. The van der Waals surface area contributed by atoms with Gasteiger partial charge in [0.05, 0.1) is 6.10 Å². The summed E-state index contributed by atoms with van der Waals surface area (Å²) >= 11 is 0. The van der Waals surface area contributed by atoms with Crippen LogP contribution in [0.5, 0.6) is 0 Å². The number of hydrogen-bond acceptors (Lipinski definition) is 2. The first-order valence-corrected chi connectivity index (χ1v) is 3.67. The van der Waals surface area contributed by atoms with E-state index >= 15 is 0 Å². The summed E-state index contributed by atoms with van der Waals surface area (Å²) in [6.45, 7) is 4.91. The van der Waals surface area contributed by atoms with Crippen LogP contribution in [0.25, 0.3) is 0 Å². The van der Waals surface area contributed by atoms with Crippen molar-refractivity contribution < 1.29 is 9.90 Å². The molecule has 2 unspecified atom stereocenters. The van der Waals surface area contributed by atoms with Crippen molar-refractivity contribution in [2.75, 3.05) is 0 Å². The Morgan fingerprint density at radius 1 is 1.64 bits per heavy atom. The summed E-state index contributed by atoms with van der Waals surface area (Å²) in [6.07, 6.45) is -0.225. The number of hydrogen-bond donors (Lipinski definition) is 1. The number of aliphatic hydroxyl groups is 1. The largest absolute Gasteiger partial charge is 0.391 e. The quantitative estimate of drug-likeness (QED) is 0.615. The third-order valence-electron chi connectivity index (χ3n) is 1.71. The lowest BCUT2D eigenvalue weighted by Gasteiger charge is -2.12. The van der Waals surface area contributed by atoms with Gasteiger partial charge >= 0.3 is 0 Å². The molecule has 0 amide bonds. The van der Waals surface area contributed by atoms with Gasteiger partial charge in [-0.2, -0.15) is 0 Å². The molecule has 0 fully saturated rings. The van der Waals surface area contributed by atoms with E-state index in [-0.39, 0.29) is 11.7 Å². The molecule has 0 saturated heterocycles. The van der Waals surface area contributed by atoms with E-state index in [0.29, 0.717) is 6.42 Å². The van der Waals surface area contributed by atoms with Gasteiger partial charge in [0, 0.05) is 12.3 Å². The predicted molar refractivity (Wildman–Crippen MR) is 43.9 cm³/mol. The van der Waals surface area contributed by atoms with Crippen molar-refractivity contribution in [2.24, 2.45) is 5.92 Å². The normalized spacial score (nSPS) is 14.5. The summed E-state index contributed by atoms with van der Waals surface area (Å²) in [5, 5.41) is 9.30. The topological polar surface area (TPSA) is 37.3 Å². The van der Waals surface area contributed by atoms with Crippen LogP contribution in [0.4, 0.5) is 0 Å². The second-order valence-corrected chi connectivity index (χ2v) is 2.60. The average molecular weight is 154 g/mol. The standard InChI is InChI=1S/C9H14O2/c1-4-5-6-9(11)7(2)8(3)10/h7,9,11H,6H2,1-3H3. The van der Waals surface area contributed by atoms with Gasteiger partial charge in [-0.25, -0.2) is 0 Å². The van der Waals surface area contributed by atoms with Crippen LogP contribution in [0.15, 0.2) is 0 Å². The second-order valence-electron chi connectivity index (χ2n) is 2.60. The summed E-state index contributed by atoms with van der Waals surface area (Å²) in [4.78, 5) is 10.7. The van der Waals surface area contributed by atoms with Crippen LogP contribution in [-0.4, -0.2) is 17.0 Å². The summed E-state index contributed by atoms with van der Waals surface area (Å²) < 4.78 is 0. The Labute approximate surface area is 67.6 Å². The third kappa shape index (κ3) is 3.79. The molecule has 2 heteroatoms. The van der Waals surface area contributed by atoms with Gasteiger partial charge in [-0.05, 0) is 13.8 Å². The van der Waals surface area contributed by atoms with Crippen LogP contribution in [0.2, 0.25) is 0 Å². The molecule has 11 heavy (non-hydrogen) atoms. The van der Waals surface area contributed by atoms with Crippen LogP contribution in [0, 0.1) is 17.8 Å². The van der Waals surface area contributed by atoms with E-state index in [1.54, 1.807) is 13.8 Å². The maximum atomic E-state index is 10.7. The molecule has 0 bridgehead atoms. The van der Waals surface area contributed by atoms with E-state index < -0.39 is 6.10 Å². The summed E-state index contributed by atoms with van der Waals surface area (Å²) in [5.74, 6) is 5.12. The minimum Gasteiger partial charge on any atom is -0.391 e. The van der Waals surface area contributed by atoms with Crippen molar-refractivity contribution in [3.8, 4) is 11.8 Å². The highest BCUT2D eigenvalue weighted by atomic mass is 16.3. The van der Waals surface area contributed by atoms with E-state index in [4.69, 9.17) is 0 Å². The Bertz CT molecular complexity index is 185. The fourth-order valence-corrected chi connectivity index (χ4v) is 0.654. The molecule has 0 radical (unpaired) electrons. The van der Waals surface area contributed by atoms with Crippen LogP contribution in [-0.2, 0) is 4.79 Å². The molecule has 0 aromatic heterocycles. The van der Waals surface area contributed by atoms with Gasteiger partial charge in [0.1, 0.15) is 5.78 Å². The first-order valence-electron chi connectivity index (χ1n) is 3.67. The zero-order chi connectivity index (χ0) is 8.85. The van der Waals surface area contributed by atoms with E-state index in [1.165, 1.54) is 6.92 Å². The highest BCUT2D eigenvalue weighted by Crippen LogP contribution is 2.06. The smallest absolute Gasteiger partial charge is 0.135 e. The summed E-state index contributed by atoms with van der Waals surface area (Å²) in [7, 11) is 0. The number of Topliss-reactive ketones (excluding diaryl/α,β-unsaturated/α-hetero) is 1. The van der Waals surface area contributed by atoms with Gasteiger partial charge in [-0.1, -0.05) is 6.92 Å². The molecule has 0 rings (SSSR count). The van der Waals surface area contributed by atoms with Crippen LogP contribution < -0.4 is 0 Å². The third-order valence-corrected chi connectivity index (χ3v) is 1.71. The minimum atomic E-state index is -0.611. The average Bonchev–Trinajstić information content (AvgIpc) is 1.98. The molecule has 0 saturated carbocycles. The van der Waals surface area contributed by atoms with Crippen molar-refractivity contribution in [3.05, 3.63) is 0 Å². The van der Waals surface area contributed by atoms with Gasteiger partial charge in [0.15, 0.2) is 0 Å². The number of ketones is 1. The number of aliphatic hydroxyl groups excluding tert-OH is 1. The van der Waals surface area contributed by atoms with Crippen molar-refractivity contribution >= 4 is 5.78 Å². The van der Waals surface area contributed by atoms with Gasteiger partial charge in [-0.15, -0.1) is 11.8 Å². The fourth-order valence-electron chi connectivity index (χ4n) is 0.654. The monoisotopic (exact) mass is 154 g/mol. The SMILES string of the molecule is CC#CCC(O)C(C)C(C)=O. The maximum absolute atomic E-state index is 10.7. The van der Waals surface area contributed by atoms with Crippen LogP contribution in [0.3, 0.4) is 0 Å². The highest BCUT2D eigenvalue weighted by Gasteiger charge is 2.16. The van der Waals surface area contributed by atoms with Gasteiger partial charge in [0.2, 0.25) is 0 Å². The molecule has 2 atom stereocenters. The Morgan fingerprint density at radius 2 is 2.18 bits per heavy atom. The van der Waals surface area contributed by atoms with Crippen molar-refractivity contribution in [1.29, 1.82) is 0 Å². The van der Waals surface area contributed by atoms with E-state index in [1.807, 2.05) is 0 Å². The molecule has 0 aromatic rings. The molecule has 0 aliphatic rings. The molecule has 0 aromatic carbocycles. The van der Waals surface area contributed by atoms with Gasteiger partial charge in [-0.3, -0.25) is 4.79 Å². The fraction of sp³-hybridized carbons (Fsp3) is 0.667. The lowest BCUT2D eigenvalue weighted by Crippen LogP contribution is -2.23. The van der Waals surface area contributed by atoms with Gasteiger partial charge in [0.25, 0.3) is 0 Å². The molecular formula is C9H14O2. The van der Waals surface area contributed by atoms with E-state index in [9.17, 15) is 9.90 Å². The van der Waals surface area contributed by atoms with Crippen LogP contribution in [0.1, 0.15) is 27.2 Å². The Kier molecular flexibility index (Phi) is 4.56. The summed E-state index contributed by atoms with van der Waals surface area (Å²) in [5.41, 5.74) is 0. The lowest BCUT2D eigenvalue weighted by molar-refractivity contribution is -0.123. The number of rotatable bonds is 3. The van der Waals surface area contributed by atoms with Crippen molar-refractivity contribution in [3.63, 3.8) is 0 Å². The second kappa shape index (κ2) is 4.92. The van der Waals surface area contributed by atoms with E-state index in [0.717, 1.165) is 0 Å². The Balaban J connectivity index is 3.88. The Morgan fingerprint density at radius 3 is 2.55 bits per heavy atom. The summed E-state index contributed by atoms with van der Waals surface area (Å²) in [6, 6.07) is 0. The van der Waals surface area contributed by atoms with Gasteiger partial charge < -0.3 is 5.11 Å². The minimum absolute atomic E-state index is 0.00963. The zero-order valence-electron chi connectivity index (χ0n) is 7.22. The zero-order valence-corrected chi connectivity index (χ0v) is 7.22. The first kappa shape index (κ1) is 10.2. The maximum Gasteiger partial charge on any atom is 0.135 e. The van der Waals surface area contributed by atoms with E-state index in [2.05, 4.69) is 11.8 Å². The number of carbonyl (C=O) groups excluding carboxylic acids is 1. The molecule has 0 heterocycles. The Hall–Kier alpha value is -0.810. The number of carbonyl (C=O) groups is 1.